The van der Waals surface area contributed by atoms with Crippen molar-refractivity contribution in [3.8, 4) is 17.0 Å². The number of nitrogens with zero attached hydrogens (tertiary/aromatic N) is 3. The Morgan fingerprint density at radius 3 is 2.61 bits per heavy atom. The minimum Gasteiger partial charge on any atom is -0.508 e. The second-order valence-corrected chi connectivity index (χ2v) is 6.48. The number of anilines is 1. The summed E-state index contributed by atoms with van der Waals surface area (Å²) in [6.07, 6.45) is -0.213. The summed E-state index contributed by atoms with van der Waals surface area (Å²) < 4.78 is 0. The molecular weight excluding hydrogens is 384 g/mol. The number of aliphatic carboxylic acids is 1. The van der Waals surface area contributed by atoms with Crippen molar-refractivity contribution >= 4 is 33.8 Å². The van der Waals surface area contributed by atoms with Gasteiger partial charge in [-0.15, -0.1) is 11.3 Å². The van der Waals surface area contributed by atoms with Gasteiger partial charge in [0.25, 0.3) is 5.69 Å². The summed E-state index contributed by atoms with van der Waals surface area (Å²) in [5.41, 5.74) is 3.81. The van der Waals surface area contributed by atoms with Crippen molar-refractivity contribution in [2.45, 2.75) is 6.42 Å². The Hall–Kier alpha value is -3.79. The zero-order chi connectivity index (χ0) is 20.1. The first-order chi connectivity index (χ1) is 13.4. The average Bonchev–Trinajstić information content (AvgIpc) is 3.14. The first-order valence-electron chi connectivity index (χ1n) is 7.97. The monoisotopic (exact) mass is 398 g/mol. The van der Waals surface area contributed by atoms with Gasteiger partial charge in [-0.1, -0.05) is 18.2 Å². The third-order valence-electron chi connectivity index (χ3n) is 3.75. The number of thiazole rings is 1. The highest BCUT2D eigenvalue weighted by Crippen LogP contribution is 2.26. The van der Waals surface area contributed by atoms with Gasteiger partial charge in [-0.05, 0) is 24.3 Å². The van der Waals surface area contributed by atoms with Gasteiger partial charge in [0.1, 0.15) is 11.5 Å². The van der Waals surface area contributed by atoms with Crippen molar-refractivity contribution in [1.29, 1.82) is 0 Å². The largest absolute Gasteiger partial charge is 0.508 e. The van der Waals surface area contributed by atoms with Gasteiger partial charge in [0.05, 0.1) is 10.6 Å². The number of carboxylic acids is 1. The SMILES string of the molecule is O=C(O)/C(Cc1ccccc1[N+](=O)[O-])=N/Nc1nc(-c2ccc(O)cc2)cs1. The second-order valence-electron chi connectivity index (χ2n) is 5.62. The number of para-hydroxylation sites is 1. The zero-order valence-corrected chi connectivity index (χ0v) is 15.1. The second kappa shape index (κ2) is 8.27. The first kappa shape index (κ1) is 19.0. The maximum atomic E-state index is 11.5. The quantitative estimate of drug-likeness (QED) is 0.314. The molecule has 3 aromatic rings. The van der Waals surface area contributed by atoms with Crippen molar-refractivity contribution in [2.75, 3.05) is 5.43 Å². The minimum atomic E-state index is -1.29. The molecule has 0 spiro atoms. The molecule has 0 amide bonds. The Labute approximate surface area is 162 Å². The standard InChI is InChI=1S/C18H14N4O5S/c23-13-7-5-11(6-8-13)15-10-28-18(19-15)21-20-14(17(24)25)9-12-3-1-2-4-16(12)22(26)27/h1-8,10,23H,9H2,(H,19,21)(H,24,25)/b20-14+. The number of rotatable bonds is 7. The predicted molar refractivity (Wildman–Crippen MR) is 105 cm³/mol. The number of aromatic nitrogens is 1. The highest BCUT2D eigenvalue weighted by molar-refractivity contribution is 7.14. The molecule has 3 N–H and O–H groups in total. The van der Waals surface area contributed by atoms with E-state index in [0.717, 1.165) is 5.56 Å². The van der Waals surface area contributed by atoms with Crippen molar-refractivity contribution in [3.63, 3.8) is 0 Å². The number of nitrogens with one attached hydrogen (secondary N) is 1. The van der Waals surface area contributed by atoms with E-state index in [1.54, 1.807) is 23.6 Å². The summed E-state index contributed by atoms with van der Waals surface area (Å²) in [6.45, 7) is 0. The van der Waals surface area contributed by atoms with Crippen LogP contribution in [-0.2, 0) is 11.2 Å². The third-order valence-corrected chi connectivity index (χ3v) is 4.49. The van der Waals surface area contributed by atoms with Gasteiger partial charge in [0.15, 0.2) is 0 Å². The van der Waals surface area contributed by atoms with Crippen LogP contribution in [0.15, 0.2) is 59.0 Å². The van der Waals surface area contributed by atoms with Crippen LogP contribution >= 0.6 is 11.3 Å². The van der Waals surface area contributed by atoms with E-state index < -0.39 is 10.9 Å². The van der Waals surface area contributed by atoms with Gasteiger partial charge in [-0.25, -0.2) is 9.78 Å². The van der Waals surface area contributed by atoms with Crippen LogP contribution in [-0.4, -0.2) is 31.8 Å². The fourth-order valence-electron chi connectivity index (χ4n) is 2.39. The van der Waals surface area contributed by atoms with Crippen LogP contribution in [0.2, 0.25) is 0 Å². The summed E-state index contributed by atoms with van der Waals surface area (Å²) in [7, 11) is 0. The van der Waals surface area contributed by atoms with Gasteiger partial charge in [0, 0.05) is 29.0 Å². The molecule has 0 radical (unpaired) electrons. The van der Waals surface area contributed by atoms with Crippen LogP contribution in [0.1, 0.15) is 5.56 Å². The molecule has 0 bridgehead atoms. The number of nitro benzene ring substituents is 1. The Morgan fingerprint density at radius 2 is 1.93 bits per heavy atom. The van der Waals surface area contributed by atoms with E-state index in [4.69, 9.17) is 0 Å². The molecule has 10 heteroatoms. The summed E-state index contributed by atoms with van der Waals surface area (Å²) >= 11 is 1.22. The highest BCUT2D eigenvalue weighted by atomic mass is 32.1. The number of hydrazone groups is 1. The number of hydrogen-bond donors (Lipinski definition) is 3. The molecular formula is C18H14N4O5S. The van der Waals surface area contributed by atoms with Crippen LogP contribution in [0.3, 0.4) is 0 Å². The van der Waals surface area contributed by atoms with Crippen LogP contribution in [0.4, 0.5) is 10.8 Å². The summed E-state index contributed by atoms with van der Waals surface area (Å²) in [4.78, 5) is 26.3. The number of benzene rings is 2. The van der Waals surface area contributed by atoms with Gasteiger partial charge in [-0.3, -0.25) is 15.5 Å². The number of phenolic OH excluding ortho intramolecular Hbond substituents is 1. The topological polar surface area (TPSA) is 138 Å². The molecule has 2 aromatic carbocycles. The van der Waals surface area contributed by atoms with E-state index in [1.165, 1.54) is 41.7 Å². The maximum absolute atomic E-state index is 11.5. The molecule has 0 atom stereocenters. The molecule has 1 heterocycles. The predicted octanol–water partition coefficient (Wildman–Crippen LogP) is 3.52. The number of carbonyl (C=O) groups is 1. The number of hydrogen-bond acceptors (Lipinski definition) is 8. The molecule has 9 nitrogen and oxygen atoms in total. The van der Waals surface area contributed by atoms with Crippen LogP contribution in [0.25, 0.3) is 11.3 Å². The fraction of sp³-hybridized carbons (Fsp3) is 0.0556. The molecule has 0 unspecified atom stereocenters. The van der Waals surface area contributed by atoms with E-state index >= 15 is 0 Å². The van der Waals surface area contributed by atoms with Gasteiger partial charge in [-0.2, -0.15) is 5.10 Å². The lowest BCUT2D eigenvalue weighted by atomic mass is 10.1. The number of aromatic hydroxyl groups is 1. The van der Waals surface area contributed by atoms with Crippen molar-refractivity contribution in [1.82, 2.24) is 4.98 Å². The van der Waals surface area contributed by atoms with E-state index in [9.17, 15) is 25.1 Å². The lowest BCUT2D eigenvalue weighted by Crippen LogP contribution is -2.18. The molecule has 3 rings (SSSR count). The Kier molecular flexibility index (Phi) is 5.61. The lowest BCUT2D eigenvalue weighted by Gasteiger charge is -2.04. The minimum absolute atomic E-state index is 0.142. The zero-order valence-electron chi connectivity index (χ0n) is 14.3. The summed E-state index contributed by atoms with van der Waals surface area (Å²) in [5.74, 6) is -1.15. The summed E-state index contributed by atoms with van der Waals surface area (Å²) in [5, 5.41) is 35.8. The van der Waals surface area contributed by atoms with Crippen molar-refractivity contribution < 1.29 is 19.9 Å². The van der Waals surface area contributed by atoms with E-state index in [1.807, 2.05) is 0 Å². The fourth-order valence-corrected chi connectivity index (χ4v) is 3.05. The average molecular weight is 398 g/mol. The molecule has 0 fully saturated rings. The third kappa shape index (κ3) is 4.48. The number of carboxylic acid groups (broad SMARTS) is 1. The van der Waals surface area contributed by atoms with Crippen LogP contribution in [0, 0.1) is 10.1 Å². The van der Waals surface area contributed by atoms with Crippen molar-refractivity contribution in [3.05, 3.63) is 69.6 Å². The van der Waals surface area contributed by atoms with E-state index in [0.29, 0.717) is 10.8 Å². The lowest BCUT2D eigenvalue weighted by molar-refractivity contribution is -0.385. The smallest absolute Gasteiger partial charge is 0.352 e. The normalized spacial score (nSPS) is 11.2. The molecule has 28 heavy (non-hydrogen) atoms. The van der Waals surface area contributed by atoms with Crippen LogP contribution < -0.4 is 5.43 Å². The highest BCUT2D eigenvalue weighted by Gasteiger charge is 2.18. The van der Waals surface area contributed by atoms with Crippen molar-refractivity contribution in [2.24, 2.45) is 5.10 Å². The maximum Gasteiger partial charge on any atom is 0.352 e. The molecule has 0 saturated heterocycles. The first-order valence-corrected chi connectivity index (χ1v) is 8.85. The van der Waals surface area contributed by atoms with Crippen LogP contribution in [0.5, 0.6) is 5.75 Å². The number of nitro groups is 1. The van der Waals surface area contributed by atoms with E-state index in [2.05, 4.69) is 15.5 Å². The van der Waals surface area contributed by atoms with E-state index in [-0.39, 0.29) is 29.1 Å². The molecule has 0 aliphatic heterocycles. The molecule has 0 saturated carbocycles. The van der Waals surface area contributed by atoms with Gasteiger partial charge >= 0.3 is 5.97 Å². The molecule has 142 valence electrons. The number of phenols is 1. The Morgan fingerprint density at radius 1 is 1.21 bits per heavy atom. The van der Waals surface area contributed by atoms with Gasteiger partial charge in [0.2, 0.25) is 5.13 Å². The summed E-state index contributed by atoms with van der Waals surface area (Å²) in [6, 6.07) is 12.4. The van der Waals surface area contributed by atoms with Gasteiger partial charge < -0.3 is 10.2 Å². The molecule has 1 aromatic heterocycles. The Balaban J connectivity index is 1.78. The Bertz CT molecular complexity index is 1050. The molecule has 0 aliphatic carbocycles. The molecule has 0 aliphatic rings.